The number of pyridine rings is 1. The molecule has 6 nitrogen and oxygen atoms in total. The number of allylic oxidation sites excluding steroid dienone is 1. The maximum Gasteiger partial charge on any atom is 0.433 e. The molecular formula is C25H32F3N5O. The van der Waals surface area contributed by atoms with Crippen LogP contribution in [0.3, 0.4) is 0 Å². The third kappa shape index (κ3) is 5.13. The Morgan fingerprint density at radius 2 is 2.00 bits per heavy atom. The summed E-state index contributed by atoms with van der Waals surface area (Å²) in [5, 5.41) is 10.8. The first-order chi connectivity index (χ1) is 16.0. The number of nitrogens with zero attached hydrogens (tertiary/aromatic N) is 3. The minimum absolute atomic E-state index is 0.0424. The molecule has 1 saturated carbocycles. The third-order valence-corrected chi connectivity index (χ3v) is 6.93. The Morgan fingerprint density at radius 1 is 1.26 bits per heavy atom. The summed E-state index contributed by atoms with van der Waals surface area (Å²) in [6, 6.07) is 1.03. The van der Waals surface area contributed by atoms with Crippen LogP contribution in [0.25, 0.3) is 6.08 Å². The molecule has 0 spiro atoms. The molecule has 184 valence electrons. The highest BCUT2D eigenvalue weighted by Gasteiger charge is 2.35. The first kappa shape index (κ1) is 24.3. The Labute approximate surface area is 198 Å². The monoisotopic (exact) mass is 475 g/mol. The van der Waals surface area contributed by atoms with E-state index in [0.717, 1.165) is 42.2 Å². The van der Waals surface area contributed by atoms with Gasteiger partial charge in [0.25, 0.3) is 5.91 Å². The fourth-order valence-corrected chi connectivity index (χ4v) is 4.93. The van der Waals surface area contributed by atoms with Gasteiger partial charge in [-0.3, -0.25) is 9.48 Å². The molecule has 2 aromatic rings. The van der Waals surface area contributed by atoms with Gasteiger partial charge < -0.3 is 10.6 Å². The van der Waals surface area contributed by atoms with E-state index in [1.165, 1.54) is 0 Å². The fourth-order valence-electron chi connectivity index (χ4n) is 4.93. The summed E-state index contributed by atoms with van der Waals surface area (Å²) in [5.41, 5.74) is 3.31. The highest BCUT2D eigenvalue weighted by Crippen LogP contribution is 2.37. The zero-order chi connectivity index (χ0) is 24.6. The van der Waals surface area contributed by atoms with Crippen LogP contribution >= 0.6 is 0 Å². The predicted octanol–water partition coefficient (Wildman–Crippen LogP) is 5.14. The lowest BCUT2D eigenvalue weighted by Crippen LogP contribution is -2.42. The van der Waals surface area contributed by atoms with Crippen molar-refractivity contribution < 1.29 is 18.0 Å². The van der Waals surface area contributed by atoms with E-state index in [2.05, 4.69) is 20.7 Å². The van der Waals surface area contributed by atoms with E-state index in [9.17, 15) is 18.0 Å². The minimum Gasteiger partial charge on any atom is -0.382 e. The molecule has 2 aliphatic carbocycles. The Kier molecular flexibility index (Phi) is 6.73. The molecule has 34 heavy (non-hydrogen) atoms. The van der Waals surface area contributed by atoms with E-state index in [1.54, 1.807) is 17.9 Å². The second-order valence-corrected chi connectivity index (χ2v) is 9.60. The number of carbonyl (C=O) groups excluding carboxylic acids is 1. The van der Waals surface area contributed by atoms with E-state index in [0.29, 0.717) is 36.2 Å². The number of aromatic nitrogens is 3. The molecular weight excluding hydrogens is 443 g/mol. The van der Waals surface area contributed by atoms with Crippen molar-refractivity contribution >= 4 is 17.7 Å². The molecule has 1 unspecified atom stereocenters. The average Bonchev–Trinajstić information content (AvgIpc) is 3.15. The van der Waals surface area contributed by atoms with Gasteiger partial charge in [-0.15, -0.1) is 0 Å². The molecule has 0 aromatic carbocycles. The lowest BCUT2D eigenvalue weighted by atomic mass is 9.86. The van der Waals surface area contributed by atoms with Crippen molar-refractivity contribution in [3.05, 3.63) is 46.0 Å². The molecule has 0 radical (unpaired) electrons. The van der Waals surface area contributed by atoms with Crippen molar-refractivity contribution in [1.82, 2.24) is 20.1 Å². The maximum absolute atomic E-state index is 13.6. The van der Waals surface area contributed by atoms with Gasteiger partial charge in [0.15, 0.2) is 0 Å². The van der Waals surface area contributed by atoms with Crippen LogP contribution in [0.1, 0.15) is 79.5 Å². The summed E-state index contributed by atoms with van der Waals surface area (Å²) in [7, 11) is 1.79. The Morgan fingerprint density at radius 3 is 2.71 bits per heavy atom. The third-order valence-electron chi connectivity index (χ3n) is 6.93. The second kappa shape index (κ2) is 9.43. The minimum atomic E-state index is -4.51. The number of rotatable bonds is 5. The van der Waals surface area contributed by atoms with E-state index in [1.807, 2.05) is 26.8 Å². The number of halogens is 3. The zero-order valence-corrected chi connectivity index (χ0v) is 20.1. The van der Waals surface area contributed by atoms with Gasteiger partial charge in [0.1, 0.15) is 5.69 Å². The smallest absolute Gasteiger partial charge is 0.382 e. The van der Waals surface area contributed by atoms with E-state index >= 15 is 0 Å². The highest BCUT2D eigenvalue weighted by atomic mass is 19.4. The first-order valence-electron chi connectivity index (χ1n) is 11.9. The summed E-state index contributed by atoms with van der Waals surface area (Å²) in [5.74, 6) is 0.00916. The quantitative estimate of drug-likeness (QED) is 0.628. The van der Waals surface area contributed by atoms with Gasteiger partial charge in [-0.25, -0.2) is 4.98 Å². The number of hydrogen-bond donors (Lipinski definition) is 2. The molecule has 1 amide bonds. The van der Waals surface area contributed by atoms with Crippen LogP contribution in [0, 0.1) is 5.92 Å². The van der Waals surface area contributed by atoms with Gasteiger partial charge in [-0.05, 0) is 57.4 Å². The molecule has 2 heterocycles. The van der Waals surface area contributed by atoms with Crippen molar-refractivity contribution in [3.63, 3.8) is 0 Å². The van der Waals surface area contributed by atoms with Crippen molar-refractivity contribution in [2.24, 2.45) is 13.0 Å². The largest absolute Gasteiger partial charge is 0.433 e. The second-order valence-electron chi connectivity index (χ2n) is 9.60. The molecule has 0 bridgehead atoms. The van der Waals surface area contributed by atoms with Gasteiger partial charge in [0, 0.05) is 36.6 Å². The molecule has 4 rings (SSSR count). The molecule has 2 aromatic heterocycles. The number of nitrogens with one attached hydrogen (secondary N) is 2. The van der Waals surface area contributed by atoms with Gasteiger partial charge in [-0.1, -0.05) is 25.5 Å². The SMILES string of the molecule is CCc1nn(C)cc1C(=O)N[C@@H]1CCC[C@H](Nc2cc(C(F)(F)F)nc3c2C=C(C)C(C)C3)C1. The number of hydrogen-bond acceptors (Lipinski definition) is 4. The maximum atomic E-state index is 13.6. The van der Waals surface area contributed by atoms with Gasteiger partial charge in [-0.2, -0.15) is 18.3 Å². The number of aryl methyl sites for hydroxylation is 2. The summed E-state index contributed by atoms with van der Waals surface area (Å²) >= 11 is 0. The number of anilines is 1. The van der Waals surface area contributed by atoms with Gasteiger partial charge in [0.05, 0.1) is 17.0 Å². The number of amides is 1. The first-order valence-corrected chi connectivity index (χ1v) is 11.9. The number of alkyl halides is 3. The van der Waals surface area contributed by atoms with Gasteiger partial charge in [0.2, 0.25) is 0 Å². The standard InChI is InChI=1S/C25H32F3N5O/c1-5-20-19(13-33(4)32-20)24(34)30-17-8-6-7-16(11-17)29-22-12-23(25(26,27)28)31-21-10-15(3)14(2)9-18(21)22/h9,12-13,15-17H,5-8,10-11H2,1-4H3,(H,29,31)(H,30,34)/t15?,16-,17+/m0/s1. The molecule has 2 N–H and O–H groups in total. The molecule has 3 atom stereocenters. The van der Waals surface area contributed by atoms with Crippen LogP contribution in [-0.4, -0.2) is 32.8 Å². The van der Waals surface area contributed by atoms with Crippen LogP contribution < -0.4 is 10.6 Å². The highest BCUT2D eigenvalue weighted by molar-refractivity contribution is 5.95. The van der Waals surface area contributed by atoms with Crippen molar-refractivity contribution in [2.45, 2.75) is 77.6 Å². The van der Waals surface area contributed by atoms with Crippen LogP contribution in [-0.2, 0) is 26.1 Å². The Bertz CT molecular complexity index is 1100. The van der Waals surface area contributed by atoms with Crippen molar-refractivity contribution in [2.75, 3.05) is 5.32 Å². The van der Waals surface area contributed by atoms with E-state index in [-0.39, 0.29) is 23.9 Å². The summed E-state index contributed by atoms with van der Waals surface area (Å²) in [4.78, 5) is 16.8. The fraction of sp³-hybridized carbons (Fsp3) is 0.560. The lowest BCUT2D eigenvalue weighted by molar-refractivity contribution is -0.141. The predicted molar refractivity (Wildman–Crippen MR) is 125 cm³/mol. The summed E-state index contributed by atoms with van der Waals surface area (Å²) in [6.45, 7) is 5.97. The molecule has 0 aliphatic heterocycles. The average molecular weight is 476 g/mol. The number of carbonyl (C=O) groups is 1. The molecule has 9 heteroatoms. The summed E-state index contributed by atoms with van der Waals surface area (Å²) < 4.78 is 42.3. The number of fused-ring (bicyclic) bond motifs is 1. The Hall–Kier alpha value is -2.84. The Balaban J connectivity index is 1.53. The van der Waals surface area contributed by atoms with Crippen LogP contribution in [0.15, 0.2) is 17.8 Å². The normalized spacial score (nSPS) is 22.7. The van der Waals surface area contributed by atoms with Gasteiger partial charge >= 0.3 is 6.18 Å². The van der Waals surface area contributed by atoms with Crippen LogP contribution in [0.2, 0.25) is 0 Å². The molecule has 0 saturated heterocycles. The molecule has 1 fully saturated rings. The van der Waals surface area contributed by atoms with Crippen molar-refractivity contribution in [1.29, 1.82) is 0 Å². The van der Waals surface area contributed by atoms with E-state index in [4.69, 9.17) is 0 Å². The van der Waals surface area contributed by atoms with E-state index < -0.39 is 11.9 Å². The molecule has 2 aliphatic rings. The zero-order valence-electron chi connectivity index (χ0n) is 20.1. The van der Waals surface area contributed by atoms with Crippen LogP contribution in [0.4, 0.5) is 18.9 Å². The van der Waals surface area contributed by atoms with Crippen LogP contribution in [0.5, 0.6) is 0 Å². The lowest BCUT2D eigenvalue weighted by Gasteiger charge is -2.32. The topological polar surface area (TPSA) is 71.8 Å². The summed E-state index contributed by atoms with van der Waals surface area (Å²) in [6.07, 6.45) is 3.52. The van der Waals surface area contributed by atoms with Crippen molar-refractivity contribution in [3.8, 4) is 0 Å².